The number of hydrogen-bond donors (Lipinski definition) is 1. The molecule has 0 saturated carbocycles. The molecule has 6 heteroatoms. The molecule has 1 unspecified atom stereocenters. The molecule has 94 valence electrons. The number of non-ortho nitro benzene ring substituents is 1. The van der Waals surface area contributed by atoms with Crippen LogP contribution in [-0.4, -0.2) is 10.0 Å². The molecule has 0 saturated heterocycles. The van der Waals surface area contributed by atoms with Gasteiger partial charge in [-0.3, -0.25) is 10.1 Å². The van der Waals surface area contributed by atoms with Crippen LogP contribution in [0, 0.1) is 15.9 Å². The van der Waals surface area contributed by atoms with Crippen molar-refractivity contribution in [3.63, 3.8) is 0 Å². The monoisotopic (exact) mass is 251 g/mol. The van der Waals surface area contributed by atoms with Crippen molar-refractivity contribution in [3.05, 3.63) is 52.0 Å². The summed E-state index contributed by atoms with van der Waals surface area (Å²) in [5.74, 6) is -0.125. The van der Waals surface area contributed by atoms with Crippen LogP contribution >= 0.6 is 0 Å². The van der Waals surface area contributed by atoms with Crippen LogP contribution < -0.4 is 0 Å². The summed E-state index contributed by atoms with van der Waals surface area (Å²) >= 11 is 0. The predicted molar refractivity (Wildman–Crippen MR) is 61.4 cm³/mol. The highest BCUT2D eigenvalue weighted by Gasteiger charge is 2.14. The average Bonchev–Trinajstić information content (AvgIpc) is 2.77. The van der Waals surface area contributed by atoms with Gasteiger partial charge in [-0.25, -0.2) is 4.39 Å². The van der Waals surface area contributed by atoms with E-state index in [2.05, 4.69) is 0 Å². The van der Waals surface area contributed by atoms with E-state index in [1.807, 2.05) is 0 Å². The van der Waals surface area contributed by atoms with E-state index in [0.29, 0.717) is 5.76 Å². The molecule has 1 aromatic heterocycles. The zero-order chi connectivity index (χ0) is 13.3. The van der Waals surface area contributed by atoms with Gasteiger partial charge in [0.25, 0.3) is 5.69 Å². The minimum absolute atomic E-state index is 0.258. The number of nitro groups is 1. The third-order valence-corrected chi connectivity index (χ3v) is 2.42. The van der Waals surface area contributed by atoms with Gasteiger partial charge in [0.2, 0.25) is 0 Å². The molecule has 0 radical (unpaired) electrons. The number of halogens is 1. The van der Waals surface area contributed by atoms with Crippen LogP contribution in [0.25, 0.3) is 11.3 Å². The Morgan fingerprint density at radius 1 is 1.39 bits per heavy atom. The Bertz CT molecular complexity index is 592. The summed E-state index contributed by atoms with van der Waals surface area (Å²) in [6, 6.07) is 6.25. The maximum Gasteiger partial charge on any atom is 0.273 e. The van der Waals surface area contributed by atoms with Gasteiger partial charge in [-0.15, -0.1) is 0 Å². The second kappa shape index (κ2) is 4.58. The molecular formula is C12H10FNO4. The van der Waals surface area contributed by atoms with E-state index in [0.717, 1.165) is 12.1 Å². The molecule has 1 heterocycles. The summed E-state index contributed by atoms with van der Waals surface area (Å²) in [6.07, 6.45) is -0.790. The Balaban J connectivity index is 2.46. The lowest BCUT2D eigenvalue weighted by Crippen LogP contribution is -1.90. The Morgan fingerprint density at radius 3 is 2.67 bits per heavy atom. The van der Waals surface area contributed by atoms with Crippen molar-refractivity contribution in [3.8, 4) is 11.3 Å². The Morgan fingerprint density at radius 2 is 2.11 bits per heavy atom. The first kappa shape index (κ1) is 12.3. The zero-order valence-electron chi connectivity index (χ0n) is 9.46. The number of hydrogen-bond acceptors (Lipinski definition) is 4. The number of nitro benzene ring substituents is 1. The van der Waals surface area contributed by atoms with E-state index in [4.69, 9.17) is 4.42 Å². The minimum Gasteiger partial charge on any atom is -0.458 e. The van der Waals surface area contributed by atoms with Crippen molar-refractivity contribution in [2.75, 3.05) is 0 Å². The van der Waals surface area contributed by atoms with Crippen molar-refractivity contribution < 1.29 is 18.8 Å². The van der Waals surface area contributed by atoms with Gasteiger partial charge in [-0.05, 0) is 25.1 Å². The van der Waals surface area contributed by atoms with Crippen LogP contribution in [0.5, 0.6) is 0 Å². The predicted octanol–water partition coefficient (Wildman–Crippen LogP) is 3.05. The molecular weight excluding hydrogens is 241 g/mol. The fourth-order valence-electron chi connectivity index (χ4n) is 1.55. The molecule has 0 spiro atoms. The van der Waals surface area contributed by atoms with Gasteiger partial charge in [0.05, 0.1) is 11.0 Å². The van der Waals surface area contributed by atoms with Crippen LogP contribution in [0.4, 0.5) is 10.1 Å². The van der Waals surface area contributed by atoms with Crippen LogP contribution in [0.2, 0.25) is 0 Å². The summed E-state index contributed by atoms with van der Waals surface area (Å²) in [7, 11) is 0. The fourth-order valence-corrected chi connectivity index (χ4v) is 1.55. The first-order chi connectivity index (χ1) is 8.47. The molecule has 0 aliphatic heterocycles. The molecule has 2 rings (SSSR count). The highest BCUT2D eigenvalue weighted by molar-refractivity contribution is 5.61. The largest absolute Gasteiger partial charge is 0.458 e. The summed E-state index contributed by atoms with van der Waals surface area (Å²) in [4.78, 5) is 9.94. The van der Waals surface area contributed by atoms with Gasteiger partial charge in [-0.1, -0.05) is 0 Å². The maximum absolute atomic E-state index is 13.2. The number of aliphatic hydroxyl groups excluding tert-OH is 1. The highest BCUT2D eigenvalue weighted by Crippen LogP contribution is 2.28. The van der Waals surface area contributed by atoms with Crippen LogP contribution in [0.1, 0.15) is 18.8 Å². The molecule has 0 fully saturated rings. The molecule has 5 nitrogen and oxygen atoms in total. The lowest BCUT2D eigenvalue weighted by Gasteiger charge is -2.00. The zero-order valence-corrected chi connectivity index (χ0v) is 9.46. The molecule has 1 aromatic carbocycles. The smallest absolute Gasteiger partial charge is 0.273 e. The molecule has 0 amide bonds. The third kappa shape index (κ3) is 2.38. The Labute approximate surface area is 102 Å². The summed E-state index contributed by atoms with van der Waals surface area (Å²) in [5.41, 5.74) is -0.0893. The van der Waals surface area contributed by atoms with Crippen LogP contribution in [-0.2, 0) is 0 Å². The topological polar surface area (TPSA) is 76.5 Å². The number of benzene rings is 1. The van der Waals surface area contributed by atoms with Gasteiger partial charge in [-0.2, -0.15) is 0 Å². The van der Waals surface area contributed by atoms with E-state index < -0.39 is 16.8 Å². The molecule has 2 aromatic rings. The SMILES string of the molecule is CC(O)c1ccc(-c2cc(F)cc([N+](=O)[O-])c2)o1. The Kier molecular flexibility index (Phi) is 3.12. The van der Waals surface area contributed by atoms with Crippen LogP contribution in [0.3, 0.4) is 0 Å². The van der Waals surface area contributed by atoms with E-state index >= 15 is 0 Å². The standard InChI is InChI=1S/C12H10FNO4/c1-7(15)11-2-3-12(18-11)8-4-9(13)6-10(5-8)14(16)17/h2-7,15H,1H3. The van der Waals surface area contributed by atoms with E-state index in [-0.39, 0.29) is 17.0 Å². The van der Waals surface area contributed by atoms with E-state index in [1.54, 1.807) is 0 Å². The maximum atomic E-state index is 13.2. The second-order valence-electron chi connectivity index (χ2n) is 3.83. The fraction of sp³-hybridized carbons (Fsp3) is 0.167. The number of rotatable bonds is 3. The quantitative estimate of drug-likeness (QED) is 0.671. The van der Waals surface area contributed by atoms with E-state index in [9.17, 15) is 19.6 Å². The Hall–Kier alpha value is -2.21. The van der Waals surface area contributed by atoms with Gasteiger partial charge in [0.15, 0.2) is 0 Å². The number of furan rings is 1. The van der Waals surface area contributed by atoms with Crippen molar-refractivity contribution >= 4 is 5.69 Å². The van der Waals surface area contributed by atoms with Crippen molar-refractivity contribution in [2.45, 2.75) is 13.0 Å². The summed E-state index contributed by atoms with van der Waals surface area (Å²) in [6.45, 7) is 1.52. The molecule has 0 aliphatic rings. The third-order valence-electron chi connectivity index (χ3n) is 2.42. The first-order valence-corrected chi connectivity index (χ1v) is 5.20. The highest BCUT2D eigenvalue weighted by atomic mass is 19.1. The normalized spacial score (nSPS) is 12.4. The molecule has 1 N–H and O–H groups in total. The second-order valence-corrected chi connectivity index (χ2v) is 3.83. The molecule has 0 bridgehead atoms. The summed E-state index contributed by atoms with van der Waals surface area (Å²) in [5, 5.41) is 19.9. The molecule has 18 heavy (non-hydrogen) atoms. The first-order valence-electron chi connectivity index (χ1n) is 5.20. The van der Waals surface area contributed by atoms with Gasteiger partial charge >= 0.3 is 0 Å². The lowest BCUT2D eigenvalue weighted by molar-refractivity contribution is -0.385. The lowest BCUT2D eigenvalue weighted by atomic mass is 10.1. The van der Waals surface area contributed by atoms with Gasteiger partial charge in [0, 0.05) is 11.6 Å². The summed E-state index contributed by atoms with van der Waals surface area (Å²) < 4.78 is 18.5. The van der Waals surface area contributed by atoms with E-state index in [1.165, 1.54) is 25.1 Å². The average molecular weight is 251 g/mol. The number of nitrogens with zero attached hydrogens (tertiary/aromatic N) is 1. The molecule has 0 aliphatic carbocycles. The minimum atomic E-state index is -0.790. The van der Waals surface area contributed by atoms with Gasteiger partial charge in [0.1, 0.15) is 23.4 Å². The number of aliphatic hydroxyl groups is 1. The van der Waals surface area contributed by atoms with Crippen molar-refractivity contribution in [2.24, 2.45) is 0 Å². The van der Waals surface area contributed by atoms with Crippen LogP contribution in [0.15, 0.2) is 34.7 Å². The van der Waals surface area contributed by atoms with Crippen molar-refractivity contribution in [1.82, 2.24) is 0 Å². The molecule has 1 atom stereocenters. The van der Waals surface area contributed by atoms with Gasteiger partial charge < -0.3 is 9.52 Å². The van der Waals surface area contributed by atoms with Crippen molar-refractivity contribution in [1.29, 1.82) is 0 Å².